The molecule has 1 fully saturated rings. The third-order valence-electron chi connectivity index (χ3n) is 5.27. The first-order valence-corrected chi connectivity index (χ1v) is 10.9. The van der Waals surface area contributed by atoms with Gasteiger partial charge in [-0.2, -0.15) is 0 Å². The molecule has 0 saturated carbocycles. The SMILES string of the molecule is O=C1COc2cccc(S(=O)(=O)n3ccc4ccc(N5CCNCC5)cc43)c2N1. The highest BCUT2D eigenvalue weighted by atomic mass is 32.2. The Kier molecular flexibility index (Phi) is 4.21. The molecule has 0 atom stereocenters. The minimum Gasteiger partial charge on any atom is -0.482 e. The van der Waals surface area contributed by atoms with Crippen molar-refractivity contribution in [2.45, 2.75) is 4.90 Å². The van der Waals surface area contributed by atoms with E-state index >= 15 is 0 Å². The molecule has 2 N–H and O–H groups in total. The first-order chi connectivity index (χ1) is 14.0. The van der Waals surface area contributed by atoms with E-state index in [-0.39, 0.29) is 23.1 Å². The summed E-state index contributed by atoms with van der Waals surface area (Å²) in [5.74, 6) is -0.0258. The highest BCUT2D eigenvalue weighted by Crippen LogP contribution is 2.36. The normalized spacial score (nSPS) is 17.0. The van der Waals surface area contributed by atoms with E-state index in [1.807, 2.05) is 18.2 Å². The maximum absolute atomic E-state index is 13.5. The van der Waals surface area contributed by atoms with Gasteiger partial charge in [-0.3, -0.25) is 4.79 Å². The maximum Gasteiger partial charge on any atom is 0.270 e. The zero-order valence-corrected chi connectivity index (χ0v) is 16.4. The van der Waals surface area contributed by atoms with Crippen LogP contribution < -0.4 is 20.3 Å². The summed E-state index contributed by atoms with van der Waals surface area (Å²) in [5.41, 5.74) is 1.77. The van der Waals surface area contributed by atoms with Crippen LogP contribution in [-0.2, 0) is 14.8 Å². The molecular formula is C20H20N4O4S. The van der Waals surface area contributed by atoms with Crippen LogP contribution in [-0.4, -0.2) is 51.1 Å². The highest BCUT2D eigenvalue weighted by Gasteiger charge is 2.28. The summed E-state index contributed by atoms with van der Waals surface area (Å²) in [7, 11) is -3.94. The van der Waals surface area contributed by atoms with E-state index in [1.54, 1.807) is 24.4 Å². The molecule has 2 aliphatic rings. The Balaban J connectivity index is 1.63. The number of rotatable bonds is 3. The van der Waals surface area contributed by atoms with E-state index in [2.05, 4.69) is 15.5 Å². The Labute approximate surface area is 168 Å². The van der Waals surface area contributed by atoms with E-state index in [9.17, 15) is 13.2 Å². The lowest BCUT2D eigenvalue weighted by Gasteiger charge is -2.29. The summed E-state index contributed by atoms with van der Waals surface area (Å²) < 4.78 is 33.7. The molecule has 2 aromatic carbocycles. The Bertz CT molecular complexity index is 1210. The van der Waals surface area contributed by atoms with E-state index in [0.717, 1.165) is 37.3 Å². The summed E-state index contributed by atoms with van der Waals surface area (Å²) in [6, 6.07) is 12.4. The third-order valence-corrected chi connectivity index (χ3v) is 7.00. The molecule has 1 aromatic heterocycles. The maximum atomic E-state index is 13.5. The van der Waals surface area contributed by atoms with Crippen molar-refractivity contribution in [3.05, 3.63) is 48.7 Å². The Morgan fingerprint density at radius 3 is 2.69 bits per heavy atom. The monoisotopic (exact) mass is 412 g/mol. The number of hydrogen-bond donors (Lipinski definition) is 2. The smallest absolute Gasteiger partial charge is 0.270 e. The molecule has 1 saturated heterocycles. The van der Waals surface area contributed by atoms with Crippen LogP contribution in [0, 0.1) is 0 Å². The second kappa shape index (κ2) is 6.78. The number of benzene rings is 2. The van der Waals surface area contributed by atoms with Crippen molar-refractivity contribution in [2.75, 3.05) is 43.0 Å². The molecule has 0 bridgehead atoms. The van der Waals surface area contributed by atoms with Crippen LogP contribution >= 0.6 is 0 Å². The van der Waals surface area contributed by atoms with E-state index in [0.29, 0.717) is 11.3 Å². The number of piperazine rings is 1. The van der Waals surface area contributed by atoms with Crippen molar-refractivity contribution in [1.29, 1.82) is 0 Å². The predicted octanol–water partition coefficient (Wildman–Crippen LogP) is 1.62. The van der Waals surface area contributed by atoms with Gasteiger partial charge in [-0.05, 0) is 30.3 Å². The van der Waals surface area contributed by atoms with Crippen molar-refractivity contribution in [1.82, 2.24) is 9.29 Å². The lowest BCUT2D eigenvalue weighted by molar-refractivity contribution is -0.118. The van der Waals surface area contributed by atoms with Crippen molar-refractivity contribution < 1.29 is 17.9 Å². The first kappa shape index (κ1) is 18.0. The first-order valence-electron chi connectivity index (χ1n) is 9.42. The summed E-state index contributed by atoms with van der Waals surface area (Å²) >= 11 is 0. The van der Waals surface area contributed by atoms with Crippen molar-refractivity contribution >= 4 is 38.2 Å². The minimum atomic E-state index is -3.94. The van der Waals surface area contributed by atoms with Crippen LogP contribution in [0.5, 0.6) is 5.75 Å². The molecule has 0 radical (unpaired) electrons. The van der Waals surface area contributed by atoms with Crippen LogP contribution in [0.4, 0.5) is 11.4 Å². The summed E-state index contributed by atoms with van der Waals surface area (Å²) in [5, 5.41) is 6.78. The summed E-state index contributed by atoms with van der Waals surface area (Å²) in [4.78, 5) is 14.0. The van der Waals surface area contributed by atoms with Gasteiger partial charge < -0.3 is 20.3 Å². The predicted molar refractivity (Wildman–Crippen MR) is 110 cm³/mol. The Hall–Kier alpha value is -3.04. The standard InChI is InChI=1S/C20H20N4O4S/c25-19-13-28-17-2-1-3-18(20(17)22-19)29(26,27)24-9-6-14-4-5-15(12-16(14)24)23-10-7-21-8-11-23/h1-6,9,12,21H,7-8,10-11,13H2,(H,22,25). The number of fused-ring (bicyclic) bond motifs is 2. The highest BCUT2D eigenvalue weighted by molar-refractivity contribution is 7.90. The molecule has 29 heavy (non-hydrogen) atoms. The summed E-state index contributed by atoms with van der Waals surface area (Å²) in [6.07, 6.45) is 1.55. The van der Waals surface area contributed by atoms with E-state index in [4.69, 9.17) is 4.74 Å². The van der Waals surface area contributed by atoms with Gasteiger partial charge in [0, 0.05) is 43.4 Å². The fourth-order valence-corrected chi connectivity index (χ4v) is 5.33. The van der Waals surface area contributed by atoms with Crippen molar-refractivity contribution in [3.63, 3.8) is 0 Å². The number of ether oxygens (including phenoxy) is 1. The largest absolute Gasteiger partial charge is 0.482 e. The Morgan fingerprint density at radius 1 is 1.03 bits per heavy atom. The second-order valence-corrected chi connectivity index (χ2v) is 8.85. The fourth-order valence-electron chi connectivity index (χ4n) is 3.82. The quantitative estimate of drug-likeness (QED) is 0.679. The lowest BCUT2D eigenvalue weighted by atomic mass is 10.2. The van der Waals surface area contributed by atoms with Gasteiger partial charge in [0.2, 0.25) is 0 Å². The van der Waals surface area contributed by atoms with Gasteiger partial charge in [-0.25, -0.2) is 12.4 Å². The van der Waals surface area contributed by atoms with Crippen molar-refractivity contribution in [2.24, 2.45) is 0 Å². The van der Waals surface area contributed by atoms with Gasteiger partial charge in [0.05, 0.1) is 5.52 Å². The zero-order chi connectivity index (χ0) is 20.0. The van der Waals surface area contributed by atoms with Gasteiger partial charge in [0.25, 0.3) is 15.9 Å². The molecule has 0 unspecified atom stereocenters. The average molecular weight is 412 g/mol. The van der Waals surface area contributed by atoms with Gasteiger partial charge in [-0.1, -0.05) is 12.1 Å². The molecule has 0 aliphatic carbocycles. The van der Waals surface area contributed by atoms with Crippen molar-refractivity contribution in [3.8, 4) is 5.75 Å². The molecule has 3 heterocycles. The molecule has 150 valence electrons. The fraction of sp³-hybridized carbons (Fsp3) is 0.250. The second-order valence-electron chi connectivity index (χ2n) is 7.06. The molecule has 3 aromatic rings. The van der Waals surface area contributed by atoms with Crippen LogP contribution in [0.15, 0.2) is 53.6 Å². The molecule has 0 spiro atoms. The number of carbonyl (C=O) groups is 1. The zero-order valence-electron chi connectivity index (χ0n) is 15.6. The van der Waals surface area contributed by atoms with Gasteiger partial charge in [0.1, 0.15) is 16.3 Å². The minimum absolute atomic E-state index is 0.00752. The van der Waals surface area contributed by atoms with Crippen LogP contribution in [0.25, 0.3) is 10.9 Å². The Morgan fingerprint density at radius 2 is 1.86 bits per heavy atom. The van der Waals surface area contributed by atoms with Gasteiger partial charge in [0.15, 0.2) is 6.61 Å². The van der Waals surface area contributed by atoms with Gasteiger partial charge in [-0.15, -0.1) is 0 Å². The number of nitrogens with zero attached hydrogens (tertiary/aromatic N) is 2. The number of anilines is 2. The number of hydrogen-bond acceptors (Lipinski definition) is 6. The number of para-hydroxylation sites is 1. The van der Waals surface area contributed by atoms with Crippen LogP contribution in [0.2, 0.25) is 0 Å². The van der Waals surface area contributed by atoms with Crippen LogP contribution in [0.1, 0.15) is 0 Å². The summed E-state index contributed by atoms with van der Waals surface area (Å²) in [6.45, 7) is 3.40. The number of amides is 1. The molecule has 2 aliphatic heterocycles. The number of nitrogens with one attached hydrogen (secondary N) is 2. The average Bonchev–Trinajstić information content (AvgIpc) is 3.18. The number of aromatic nitrogens is 1. The molecule has 5 rings (SSSR count). The van der Waals surface area contributed by atoms with E-state index in [1.165, 1.54) is 10.0 Å². The van der Waals surface area contributed by atoms with Gasteiger partial charge >= 0.3 is 0 Å². The molecule has 9 heteroatoms. The number of carbonyl (C=O) groups excluding carboxylic acids is 1. The lowest BCUT2D eigenvalue weighted by Crippen LogP contribution is -2.43. The topological polar surface area (TPSA) is 92.7 Å². The molecule has 1 amide bonds. The molecule has 8 nitrogen and oxygen atoms in total. The van der Waals surface area contributed by atoms with Crippen LogP contribution in [0.3, 0.4) is 0 Å². The molecular weight excluding hydrogens is 392 g/mol. The third kappa shape index (κ3) is 3.02. The van der Waals surface area contributed by atoms with E-state index < -0.39 is 10.0 Å².